The Morgan fingerprint density at radius 2 is 2.09 bits per heavy atom. The number of hydrogen-bond acceptors (Lipinski definition) is 3. The maximum atomic E-state index is 12.3. The topological polar surface area (TPSA) is 62.2 Å². The van der Waals surface area contributed by atoms with Gasteiger partial charge in [0.15, 0.2) is 0 Å². The monoisotopic (exact) mass is 298 g/mol. The molecule has 0 radical (unpaired) electrons. The third kappa shape index (κ3) is 3.92. The molecule has 0 aliphatic heterocycles. The average molecular weight is 298 g/mol. The lowest BCUT2D eigenvalue weighted by Gasteiger charge is -2.12. The fraction of sp³-hybridized carbons (Fsp3) is 0.333. The zero-order chi connectivity index (χ0) is 15.9. The predicted molar refractivity (Wildman–Crippen MR) is 87.7 cm³/mol. The molecule has 0 spiro atoms. The quantitative estimate of drug-likeness (QED) is 0.862. The van der Waals surface area contributed by atoms with Crippen molar-refractivity contribution < 1.29 is 9.90 Å². The van der Waals surface area contributed by atoms with Gasteiger partial charge in [-0.15, -0.1) is 0 Å². The lowest BCUT2D eigenvalue weighted by atomic mass is 9.99. The minimum absolute atomic E-state index is 0.112. The Morgan fingerprint density at radius 1 is 1.27 bits per heavy atom. The highest BCUT2D eigenvalue weighted by Gasteiger charge is 2.13. The maximum Gasteiger partial charge on any atom is 0.251 e. The van der Waals surface area contributed by atoms with Crippen LogP contribution in [0, 0.1) is 6.92 Å². The summed E-state index contributed by atoms with van der Waals surface area (Å²) in [4.78, 5) is 16.6. The van der Waals surface area contributed by atoms with Gasteiger partial charge in [-0.2, -0.15) is 0 Å². The largest absolute Gasteiger partial charge is 0.393 e. The molecule has 116 valence electrons. The van der Waals surface area contributed by atoms with Crippen LogP contribution in [0.5, 0.6) is 0 Å². The maximum absolute atomic E-state index is 12.3. The molecule has 2 rings (SSSR count). The van der Waals surface area contributed by atoms with Gasteiger partial charge in [0, 0.05) is 23.9 Å². The molecule has 1 amide bonds. The summed E-state index contributed by atoms with van der Waals surface area (Å²) >= 11 is 0. The van der Waals surface area contributed by atoms with Crippen molar-refractivity contribution in [3.63, 3.8) is 0 Å². The molecule has 1 aromatic heterocycles. The first kappa shape index (κ1) is 16.2. The number of benzene rings is 1. The Bertz CT molecular complexity index is 626. The molecular formula is C18H22N2O2. The number of amides is 1. The number of carbonyl (C=O) groups is 1. The lowest BCUT2D eigenvalue weighted by molar-refractivity contribution is 0.0941. The molecule has 0 bridgehead atoms. The summed E-state index contributed by atoms with van der Waals surface area (Å²) in [5, 5.41) is 12.4. The average Bonchev–Trinajstić information content (AvgIpc) is 2.55. The van der Waals surface area contributed by atoms with Crippen LogP contribution in [0.2, 0.25) is 0 Å². The van der Waals surface area contributed by atoms with Gasteiger partial charge >= 0.3 is 0 Å². The first-order valence-corrected chi connectivity index (χ1v) is 7.60. The van der Waals surface area contributed by atoms with E-state index in [4.69, 9.17) is 0 Å². The molecule has 22 heavy (non-hydrogen) atoms. The van der Waals surface area contributed by atoms with E-state index in [-0.39, 0.29) is 12.0 Å². The van der Waals surface area contributed by atoms with Crippen LogP contribution >= 0.6 is 0 Å². The Labute approximate surface area is 131 Å². The molecule has 0 saturated carbocycles. The molecule has 0 aliphatic carbocycles. The van der Waals surface area contributed by atoms with Gasteiger partial charge in [-0.25, -0.2) is 0 Å². The highest BCUT2D eigenvalue weighted by atomic mass is 16.3. The standard InChI is InChI=1S/C18H22N2O2/c1-3-14(21)10-12-20-18(22)16-8-6-7-15(13(16)2)17-9-4-5-11-19-17/h4-9,11,14,21H,3,10,12H2,1-2H3,(H,20,22). The summed E-state index contributed by atoms with van der Waals surface area (Å²) < 4.78 is 0. The van der Waals surface area contributed by atoms with Crippen LogP contribution in [-0.4, -0.2) is 28.6 Å². The van der Waals surface area contributed by atoms with Crippen molar-refractivity contribution in [2.45, 2.75) is 32.8 Å². The van der Waals surface area contributed by atoms with E-state index in [1.54, 1.807) is 6.20 Å². The zero-order valence-corrected chi connectivity index (χ0v) is 13.0. The number of aliphatic hydroxyl groups excluding tert-OH is 1. The second-order valence-corrected chi connectivity index (χ2v) is 5.30. The van der Waals surface area contributed by atoms with Crippen LogP contribution < -0.4 is 5.32 Å². The van der Waals surface area contributed by atoms with Gasteiger partial charge < -0.3 is 10.4 Å². The number of rotatable bonds is 6. The van der Waals surface area contributed by atoms with E-state index in [0.29, 0.717) is 24.9 Å². The van der Waals surface area contributed by atoms with Crippen LogP contribution in [0.15, 0.2) is 42.6 Å². The zero-order valence-electron chi connectivity index (χ0n) is 13.0. The molecule has 4 heteroatoms. The summed E-state index contributed by atoms with van der Waals surface area (Å²) in [5.41, 5.74) is 3.38. The normalized spacial score (nSPS) is 12.0. The van der Waals surface area contributed by atoms with Crippen molar-refractivity contribution in [3.8, 4) is 11.3 Å². The second-order valence-electron chi connectivity index (χ2n) is 5.30. The Hall–Kier alpha value is -2.20. The Kier molecular flexibility index (Phi) is 5.67. The van der Waals surface area contributed by atoms with Crippen molar-refractivity contribution in [2.75, 3.05) is 6.54 Å². The van der Waals surface area contributed by atoms with E-state index in [9.17, 15) is 9.90 Å². The van der Waals surface area contributed by atoms with E-state index in [1.807, 2.05) is 50.2 Å². The lowest BCUT2D eigenvalue weighted by Crippen LogP contribution is -2.27. The van der Waals surface area contributed by atoms with Crippen LogP contribution in [0.4, 0.5) is 0 Å². The van der Waals surface area contributed by atoms with Crippen molar-refractivity contribution in [1.82, 2.24) is 10.3 Å². The van der Waals surface area contributed by atoms with Gasteiger partial charge in [-0.1, -0.05) is 25.1 Å². The Balaban J connectivity index is 2.13. The van der Waals surface area contributed by atoms with Crippen LogP contribution in [-0.2, 0) is 0 Å². The summed E-state index contributed by atoms with van der Waals surface area (Å²) in [5.74, 6) is -0.112. The fourth-order valence-electron chi connectivity index (χ4n) is 2.33. The first-order valence-electron chi connectivity index (χ1n) is 7.60. The molecule has 2 aromatic rings. The molecule has 0 aliphatic rings. The van der Waals surface area contributed by atoms with Crippen LogP contribution in [0.1, 0.15) is 35.7 Å². The number of aromatic nitrogens is 1. The number of aliphatic hydroxyl groups is 1. The van der Waals surface area contributed by atoms with Crippen molar-refractivity contribution in [3.05, 3.63) is 53.7 Å². The van der Waals surface area contributed by atoms with E-state index in [0.717, 1.165) is 16.8 Å². The minimum Gasteiger partial charge on any atom is -0.393 e. The number of hydrogen-bond donors (Lipinski definition) is 2. The van der Waals surface area contributed by atoms with Crippen LogP contribution in [0.25, 0.3) is 11.3 Å². The summed E-state index contributed by atoms with van der Waals surface area (Å²) in [6, 6.07) is 11.4. The van der Waals surface area contributed by atoms with Gasteiger partial charge in [-0.05, 0) is 43.5 Å². The van der Waals surface area contributed by atoms with E-state index in [2.05, 4.69) is 10.3 Å². The fourth-order valence-corrected chi connectivity index (χ4v) is 2.33. The molecule has 1 heterocycles. The third-order valence-corrected chi connectivity index (χ3v) is 3.75. The summed E-state index contributed by atoms with van der Waals surface area (Å²) in [6.07, 6.45) is 2.65. The Morgan fingerprint density at radius 3 is 2.77 bits per heavy atom. The highest BCUT2D eigenvalue weighted by molar-refractivity contribution is 5.97. The molecule has 1 aromatic carbocycles. The second kappa shape index (κ2) is 7.71. The van der Waals surface area contributed by atoms with Crippen molar-refractivity contribution >= 4 is 5.91 Å². The van der Waals surface area contributed by atoms with Gasteiger partial charge in [0.1, 0.15) is 0 Å². The van der Waals surface area contributed by atoms with Gasteiger partial charge in [0.05, 0.1) is 11.8 Å². The molecule has 2 N–H and O–H groups in total. The van der Waals surface area contributed by atoms with Crippen molar-refractivity contribution in [2.24, 2.45) is 0 Å². The predicted octanol–water partition coefficient (Wildman–Crippen LogP) is 2.95. The highest BCUT2D eigenvalue weighted by Crippen LogP contribution is 2.23. The van der Waals surface area contributed by atoms with Gasteiger partial charge in [0.25, 0.3) is 5.91 Å². The number of nitrogens with zero attached hydrogens (tertiary/aromatic N) is 1. The molecule has 0 saturated heterocycles. The molecule has 1 atom stereocenters. The number of carbonyl (C=O) groups excluding carboxylic acids is 1. The molecule has 4 nitrogen and oxygen atoms in total. The minimum atomic E-state index is -0.360. The third-order valence-electron chi connectivity index (χ3n) is 3.75. The summed E-state index contributed by atoms with van der Waals surface area (Å²) in [6.45, 7) is 4.33. The SMILES string of the molecule is CCC(O)CCNC(=O)c1cccc(-c2ccccn2)c1C. The van der Waals surface area contributed by atoms with Gasteiger partial charge in [-0.3, -0.25) is 9.78 Å². The molecule has 1 unspecified atom stereocenters. The van der Waals surface area contributed by atoms with E-state index >= 15 is 0 Å². The van der Waals surface area contributed by atoms with E-state index < -0.39 is 0 Å². The van der Waals surface area contributed by atoms with Gasteiger partial charge in [0.2, 0.25) is 0 Å². The first-order chi connectivity index (χ1) is 10.6. The molecular weight excluding hydrogens is 276 g/mol. The smallest absolute Gasteiger partial charge is 0.251 e. The van der Waals surface area contributed by atoms with Crippen molar-refractivity contribution in [1.29, 1.82) is 0 Å². The van der Waals surface area contributed by atoms with Crippen LogP contribution in [0.3, 0.4) is 0 Å². The number of pyridine rings is 1. The van der Waals surface area contributed by atoms with E-state index in [1.165, 1.54) is 0 Å². The summed E-state index contributed by atoms with van der Waals surface area (Å²) in [7, 11) is 0. The molecule has 0 fully saturated rings. The number of nitrogens with one attached hydrogen (secondary N) is 1.